The number of aryl methyl sites for hydroxylation is 2. The van der Waals surface area contributed by atoms with Crippen LogP contribution in [-0.2, 0) is 11.2 Å². The van der Waals surface area contributed by atoms with Crippen LogP contribution in [0.1, 0.15) is 23.6 Å². The van der Waals surface area contributed by atoms with Gasteiger partial charge in [0.05, 0.1) is 5.75 Å². The Bertz CT molecular complexity index is 922. The van der Waals surface area contributed by atoms with Gasteiger partial charge in [-0.3, -0.25) is 4.79 Å². The molecule has 2 aromatic carbocycles. The number of aromatic nitrogens is 2. The molecule has 5 nitrogen and oxygen atoms in total. The van der Waals surface area contributed by atoms with Crippen LogP contribution in [0.5, 0.6) is 0 Å². The van der Waals surface area contributed by atoms with Gasteiger partial charge in [0.15, 0.2) is 4.34 Å². The lowest BCUT2D eigenvalue weighted by Crippen LogP contribution is -2.15. The Morgan fingerprint density at radius 3 is 2.63 bits per heavy atom. The Morgan fingerprint density at radius 2 is 1.89 bits per heavy atom. The smallest absolute Gasteiger partial charge is 0.234 e. The number of carbonyl (C=O) groups excluding carboxylic acids is 1. The number of carbonyl (C=O) groups is 1. The summed E-state index contributed by atoms with van der Waals surface area (Å²) in [6.07, 6.45) is 1.02. The third kappa shape index (κ3) is 5.30. The molecular formula is C20H22N4OS2. The largest absolute Gasteiger partial charge is 0.330 e. The number of amides is 1. The minimum Gasteiger partial charge on any atom is -0.330 e. The van der Waals surface area contributed by atoms with Crippen LogP contribution in [0.15, 0.2) is 46.8 Å². The molecule has 0 saturated carbocycles. The van der Waals surface area contributed by atoms with E-state index < -0.39 is 0 Å². The molecule has 0 radical (unpaired) electrons. The molecule has 0 unspecified atom stereocenters. The van der Waals surface area contributed by atoms with E-state index >= 15 is 0 Å². The number of benzene rings is 2. The van der Waals surface area contributed by atoms with Gasteiger partial charge < -0.3 is 10.6 Å². The topological polar surface area (TPSA) is 66.9 Å². The molecule has 0 aliphatic rings. The second-order valence-electron chi connectivity index (χ2n) is 6.13. The van der Waals surface area contributed by atoms with Gasteiger partial charge in [0.1, 0.15) is 0 Å². The van der Waals surface area contributed by atoms with Crippen LogP contribution >= 0.6 is 23.1 Å². The van der Waals surface area contributed by atoms with E-state index in [9.17, 15) is 4.79 Å². The van der Waals surface area contributed by atoms with Gasteiger partial charge in [0.2, 0.25) is 11.0 Å². The molecule has 3 aromatic rings. The second-order valence-corrected chi connectivity index (χ2v) is 8.33. The van der Waals surface area contributed by atoms with Crippen molar-refractivity contribution in [3.05, 3.63) is 59.2 Å². The highest BCUT2D eigenvalue weighted by atomic mass is 32.2. The van der Waals surface area contributed by atoms with Crippen molar-refractivity contribution >= 4 is 45.5 Å². The van der Waals surface area contributed by atoms with Crippen molar-refractivity contribution in [2.75, 3.05) is 16.4 Å². The summed E-state index contributed by atoms with van der Waals surface area (Å²) in [6, 6.07) is 14.1. The summed E-state index contributed by atoms with van der Waals surface area (Å²) >= 11 is 2.83. The van der Waals surface area contributed by atoms with E-state index in [0.29, 0.717) is 5.75 Å². The monoisotopic (exact) mass is 398 g/mol. The highest BCUT2D eigenvalue weighted by Crippen LogP contribution is 2.28. The van der Waals surface area contributed by atoms with Crippen LogP contribution in [0.3, 0.4) is 0 Å². The molecule has 0 atom stereocenters. The summed E-state index contributed by atoms with van der Waals surface area (Å²) < 4.78 is 0.763. The molecule has 0 bridgehead atoms. The number of anilines is 3. The average Bonchev–Trinajstić information content (AvgIpc) is 3.12. The van der Waals surface area contributed by atoms with Gasteiger partial charge in [-0.15, -0.1) is 10.2 Å². The lowest BCUT2D eigenvalue weighted by molar-refractivity contribution is -0.113. The predicted octanol–water partition coefficient (Wildman–Crippen LogP) is 5.19. The zero-order chi connectivity index (χ0) is 19.2. The fourth-order valence-corrected chi connectivity index (χ4v) is 4.04. The summed E-state index contributed by atoms with van der Waals surface area (Å²) in [5, 5.41) is 15.2. The fourth-order valence-electron chi connectivity index (χ4n) is 2.47. The SMILES string of the molecule is CCc1ccc(Nc2nnc(SCC(=O)Nc3cccc(C)c3C)s2)cc1. The number of nitrogens with zero attached hydrogens (tertiary/aromatic N) is 2. The minimum atomic E-state index is -0.0476. The van der Waals surface area contributed by atoms with Crippen LogP contribution in [0, 0.1) is 13.8 Å². The van der Waals surface area contributed by atoms with E-state index in [-0.39, 0.29) is 5.91 Å². The molecule has 7 heteroatoms. The molecule has 27 heavy (non-hydrogen) atoms. The minimum absolute atomic E-state index is 0.0476. The molecule has 1 heterocycles. The Balaban J connectivity index is 1.52. The fraction of sp³-hybridized carbons (Fsp3) is 0.250. The summed E-state index contributed by atoms with van der Waals surface area (Å²) in [7, 11) is 0. The molecular weight excluding hydrogens is 376 g/mol. The number of rotatable bonds is 7. The van der Waals surface area contributed by atoms with E-state index in [1.807, 2.05) is 44.2 Å². The van der Waals surface area contributed by atoms with Gasteiger partial charge in [0.25, 0.3) is 0 Å². The number of nitrogens with one attached hydrogen (secondary N) is 2. The van der Waals surface area contributed by atoms with E-state index in [1.54, 1.807) is 0 Å². The highest BCUT2D eigenvalue weighted by molar-refractivity contribution is 8.01. The van der Waals surface area contributed by atoms with Crippen LogP contribution < -0.4 is 10.6 Å². The molecule has 0 aliphatic heterocycles. The van der Waals surface area contributed by atoms with Gasteiger partial charge in [-0.05, 0) is 55.2 Å². The van der Waals surface area contributed by atoms with Crippen molar-refractivity contribution in [2.45, 2.75) is 31.5 Å². The molecule has 0 fully saturated rings. The normalized spacial score (nSPS) is 10.6. The zero-order valence-electron chi connectivity index (χ0n) is 15.6. The average molecular weight is 399 g/mol. The van der Waals surface area contributed by atoms with E-state index in [0.717, 1.165) is 38.4 Å². The van der Waals surface area contributed by atoms with Crippen LogP contribution in [0.25, 0.3) is 0 Å². The summed E-state index contributed by atoms with van der Waals surface area (Å²) in [5.41, 5.74) is 5.38. The van der Waals surface area contributed by atoms with E-state index in [4.69, 9.17) is 0 Å². The van der Waals surface area contributed by atoms with E-state index in [1.165, 1.54) is 28.7 Å². The maximum Gasteiger partial charge on any atom is 0.234 e. The molecule has 140 valence electrons. The predicted molar refractivity (Wildman–Crippen MR) is 114 cm³/mol. The van der Waals surface area contributed by atoms with Gasteiger partial charge in [-0.25, -0.2) is 0 Å². The molecule has 0 spiro atoms. The van der Waals surface area contributed by atoms with E-state index in [2.05, 4.69) is 39.9 Å². The number of thioether (sulfide) groups is 1. The molecule has 1 amide bonds. The molecule has 2 N–H and O–H groups in total. The van der Waals surface area contributed by atoms with Crippen LogP contribution in [0.4, 0.5) is 16.5 Å². The summed E-state index contributed by atoms with van der Waals surface area (Å²) in [6.45, 7) is 6.17. The third-order valence-corrected chi connectivity index (χ3v) is 6.20. The van der Waals surface area contributed by atoms with Crippen molar-refractivity contribution in [2.24, 2.45) is 0 Å². The first-order valence-corrected chi connectivity index (χ1v) is 10.5. The zero-order valence-corrected chi connectivity index (χ0v) is 17.2. The van der Waals surface area contributed by atoms with Crippen molar-refractivity contribution in [3.63, 3.8) is 0 Å². The van der Waals surface area contributed by atoms with Crippen molar-refractivity contribution < 1.29 is 4.79 Å². The molecule has 0 saturated heterocycles. The van der Waals surface area contributed by atoms with Crippen molar-refractivity contribution in [1.29, 1.82) is 0 Å². The number of hydrogen-bond donors (Lipinski definition) is 2. The maximum absolute atomic E-state index is 12.2. The lowest BCUT2D eigenvalue weighted by Gasteiger charge is -2.09. The Morgan fingerprint density at radius 1 is 1.11 bits per heavy atom. The maximum atomic E-state index is 12.2. The van der Waals surface area contributed by atoms with Gasteiger partial charge in [-0.1, -0.05) is 54.3 Å². The first kappa shape index (κ1) is 19.4. The first-order valence-electron chi connectivity index (χ1n) is 8.73. The standard InChI is InChI=1S/C20H22N4OS2/c1-4-15-8-10-16(11-9-15)21-19-23-24-20(27-19)26-12-18(25)22-17-7-5-6-13(2)14(17)3/h5-11H,4,12H2,1-3H3,(H,21,23)(H,22,25). The Hall–Kier alpha value is -2.38. The number of hydrogen-bond acceptors (Lipinski definition) is 6. The Kier molecular flexibility index (Phi) is 6.47. The lowest BCUT2D eigenvalue weighted by atomic mass is 10.1. The Labute approximate surface area is 167 Å². The first-order chi connectivity index (χ1) is 13.0. The van der Waals surface area contributed by atoms with Gasteiger partial charge in [0, 0.05) is 11.4 Å². The van der Waals surface area contributed by atoms with Crippen LogP contribution in [0.2, 0.25) is 0 Å². The van der Waals surface area contributed by atoms with Gasteiger partial charge >= 0.3 is 0 Å². The summed E-state index contributed by atoms with van der Waals surface area (Å²) in [4.78, 5) is 12.2. The van der Waals surface area contributed by atoms with Crippen LogP contribution in [-0.4, -0.2) is 21.9 Å². The molecule has 3 rings (SSSR count). The third-order valence-electron chi connectivity index (χ3n) is 4.23. The molecule has 0 aliphatic carbocycles. The molecule has 1 aromatic heterocycles. The van der Waals surface area contributed by atoms with Gasteiger partial charge in [-0.2, -0.15) is 0 Å². The highest BCUT2D eigenvalue weighted by Gasteiger charge is 2.10. The quantitative estimate of drug-likeness (QED) is 0.536. The van der Waals surface area contributed by atoms with Crippen molar-refractivity contribution in [1.82, 2.24) is 10.2 Å². The second kappa shape index (κ2) is 9.01. The van der Waals surface area contributed by atoms with Crippen molar-refractivity contribution in [3.8, 4) is 0 Å². The summed E-state index contributed by atoms with van der Waals surface area (Å²) in [5.74, 6) is 0.251.